The van der Waals surface area contributed by atoms with Crippen LogP contribution >= 0.6 is 0 Å². The molecule has 0 amide bonds. The van der Waals surface area contributed by atoms with Crippen LogP contribution in [0.25, 0.3) is 6.08 Å². The second-order valence-corrected chi connectivity index (χ2v) is 3.07. The van der Waals surface area contributed by atoms with E-state index in [1.165, 1.54) is 5.56 Å². The highest BCUT2D eigenvalue weighted by molar-refractivity contribution is 6.04. The van der Waals surface area contributed by atoms with Crippen LogP contribution in [0.5, 0.6) is 0 Å². The van der Waals surface area contributed by atoms with Crippen LogP contribution < -0.4 is 0 Å². The lowest BCUT2D eigenvalue weighted by Gasteiger charge is -2.26. The first-order valence-corrected chi connectivity index (χ1v) is 4.41. The third-order valence-electron chi connectivity index (χ3n) is 2.23. The van der Waals surface area contributed by atoms with Crippen LogP contribution in [-0.4, -0.2) is 10.9 Å². The molecule has 0 spiro atoms. The third kappa shape index (κ3) is 0.956. The van der Waals surface area contributed by atoms with Gasteiger partial charge in [-0.15, -0.1) is 0 Å². The van der Waals surface area contributed by atoms with Crippen molar-refractivity contribution in [2.75, 3.05) is 0 Å². The summed E-state index contributed by atoms with van der Waals surface area (Å²) >= 11 is 0. The Hall–Kier alpha value is -2.03. The van der Waals surface area contributed by atoms with Gasteiger partial charge >= 0.3 is 0 Å². The lowest BCUT2D eigenvalue weighted by atomic mass is 10.0. The van der Waals surface area contributed by atoms with E-state index in [0.717, 1.165) is 11.4 Å². The summed E-state index contributed by atoms with van der Waals surface area (Å²) in [5.74, 6) is 0.839. The van der Waals surface area contributed by atoms with Crippen molar-refractivity contribution < 1.29 is 4.84 Å². The standard InChI is InChI=1S/C11H8N2O/c1-2-4-10-9(3-1)5-7-13-11(10)12-6-8-14-13/h1-8H. The van der Waals surface area contributed by atoms with Crippen molar-refractivity contribution in [1.29, 1.82) is 0 Å². The molecular weight excluding hydrogens is 176 g/mol. The van der Waals surface area contributed by atoms with E-state index >= 15 is 0 Å². The summed E-state index contributed by atoms with van der Waals surface area (Å²) in [7, 11) is 0. The highest BCUT2D eigenvalue weighted by Crippen LogP contribution is 2.22. The number of hydrogen-bond acceptors (Lipinski definition) is 3. The zero-order valence-corrected chi connectivity index (χ0v) is 7.42. The minimum atomic E-state index is 0.839. The van der Waals surface area contributed by atoms with Gasteiger partial charge in [-0.2, -0.15) is 5.06 Å². The van der Waals surface area contributed by atoms with Gasteiger partial charge in [-0.1, -0.05) is 24.3 Å². The Labute approximate surface area is 81.6 Å². The van der Waals surface area contributed by atoms with Crippen LogP contribution in [-0.2, 0) is 4.84 Å². The third-order valence-corrected chi connectivity index (χ3v) is 2.23. The number of hydroxylamine groups is 2. The molecular formula is C11H8N2O. The number of amidine groups is 1. The largest absolute Gasteiger partial charge is 0.380 e. The fourth-order valence-electron chi connectivity index (χ4n) is 1.59. The molecule has 0 unspecified atom stereocenters. The number of fused-ring (bicyclic) bond motifs is 3. The van der Waals surface area contributed by atoms with Crippen LogP contribution in [0.2, 0.25) is 0 Å². The fraction of sp³-hybridized carbons (Fsp3) is 0. The number of hydrogen-bond donors (Lipinski definition) is 0. The fourth-order valence-corrected chi connectivity index (χ4v) is 1.59. The summed E-state index contributed by atoms with van der Waals surface area (Å²) in [6, 6.07) is 8.10. The van der Waals surface area contributed by atoms with Gasteiger partial charge in [-0.25, -0.2) is 4.99 Å². The second-order valence-electron chi connectivity index (χ2n) is 3.07. The van der Waals surface area contributed by atoms with Crippen LogP contribution in [0.1, 0.15) is 11.1 Å². The summed E-state index contributed by atoms with van der Waals surface area (Å²) in [6.07, 6.45) is 7.09. The van der Waals surface area contributed by atoms with Gasteiger partial charge < -0.3 is 4.84 Å². The number of aliphatic imine (C=N–C) groups is 1. The summed E-state index contributed by atoms with van der Waals surface area (Å²) < 4.78 is 0. The van der Waals surface area contributed by atoms with Crippen LogP contribution in [0.15, 0.2) is 47.9 Å². The molecule has 1 aromatic rings. The summed E-state index contributed by atoms with van der Waals surface area (Å²) in [4.78, 5) is 9.55. The predicted molar refractivity (Wildman–Crippen MR) is 54.1 cm³/mol. The number of benzene rings is 1. The molecule has 0 bridgehead atoms. The highest BCUT2D eigenvalue weighted by atomic mass is 16.7. The normalized spacial score (nSPS) is 16.9. The molecule has 0 radical (unpaired) electrons. The molecule has 3 rings (SSSR count). The average Bonchev–Trinajstić information content (AvgIpc) is 2.29. The molecule has 2 heterocycles. The molecule has 2 aliphatic heterocycles. The molecule has 2 aliphatic rings. The second kappa shape index (κ2) is 2.73. The van der Waals surface area contributed by atoms with E-state index in [9.17, 15) is 0 Å². The maximum Gasteiger partial charge on any atom is 0.176 e. The van der Waals surface area contributed by atoms with Gasteiger partial charge in [0.25, 0.3) is 0 Å². The Bertz CT molecular complexity index is 460. The first kappa shape index (κ1) is 7.38. The van der Waals surface area contributed by atoms with Gasteiger partial charge in [0.2, 0.25) is 0 Å². The summed E-state index contributed by atoms with van der Waals surface area (Å²) in [5.41, 5.74) is 2.26. The number of rotatable bonds is 0. The first-order valence-electron chi connectivity index (χ1n) is 4.41. The van der Waals surface area contributed by atoms with Gasteiger partial charge in [-0.05, 0) is 11.6 Å². The molecule has 0 aromatic heterocycles. The molecule has 0 saturated heterocycles. The first-order chi connectivity index (χ1) is 6.95. The van der Waals surface area contributed by atoms with Crippen molar-refractivity contribution in [1.82, 2.24) is 5.06 Å². The molecule has 0 N–H and O–H groups in total. The quantitative estimate of drug-likeness (QED) is 0.617. The molecule has 68 valence electrons. The van der Waals surface area contributed by atoms with Crippen LogP contribution in [0, 0.1) is 0 Å². The monoisotopic (exact) mass is 184 g/mol. The Morgan fingerprint density at radius 2 is 2.14 bits per heavy atom. The number of nitrogens with zero attached hydrogens (tertiary/aromatic N) is 2. The molecule has 3 nitrogen and oxygen atoms in total. The Morgan fingerprint density at radius 1 is 1.21 bits per heavy atom. The Kier molecular flexibility index (Phi) is 1.44. The Morgan fingerprint density at radius 3 is 3.14 bits per heavy atom. The summed E-state index contributed by atoms with van der Waals surface area (Å²) in [6.45, 7) is 0. The molecule has 0 fully saturated rings. The smallest absolute Gasteiger partial charge is 0.176 e. The van der Waals surface area contributed by atoms with Gasteiger partial charge in [-0.3, -0.25) is 0 Å². The van der Waals surface area contributed by atoms with E-state index in [-0.39, 0.29) is 0 Å². The van der Waals surface area contributed by atoms with Crippen molar-refractivity contribution >= 4 is 11.9 Å². The zero-order valence-electron chi connectivity index (χ0n) is 7.42. The highest BCUT2D eigenvalue weighted by Gasteiger charge is 2.19. The minimum absolute atomic E-state index is 0.839. The van der Waals surface area contributed by atoms with E-state index < -0.39 is 0 Å². The molecule has 0 atom stereocenters. The molecule has 0 saturated carbocycles. The van der Waals surface area contributed by atoms with Crippen molar-refractivity contribution in [3.63, 3.8) is 0 Å². The van der Waals surface area contributed by atoms with Gasteiger partial charge in [0.1, 0.15) is 6.26 Å². The predicted octanol–water partition coefficient (Wildman–Crippen LogP) is 2.14. The van der Waals surface area contributed by atoms with E-state index in [0.29, 0.717) is 0 Å². The molecule has 0 aliphatic carbocycles. The maximum atomic E-state index is 5.27. The SMILES string of the molecule is C1=CON2C=Cc3ccccc3C2=N1. The van der Waals surface area contributed by atoms with Crippen LogP contribution in [0.3, 0.4) is 0 Å². The van der Waals surface area contributed by atoms with Crippen LogP contribution in [0.4, 0.5) is 0 Å². The lowest BCUT2D eigenvalue weighted by molar-refractivity contribution is 0.0121. The van der Waals surface area contributed by atoms with Crippen molar-refractivity contribution in [3.8, 4) is 0 Å². The molecule has 3 heteroatoms. The summed E-state index contributed by atoms with van der Waals surface area (Å²) in [5, 5.41) is 1.66. The van der Waals surface area contributed by atoms with Crippen molar-refractivity contribution in [2.45, 2.75) is 0 Å². The van der Waals surface area contributed by atoms with E-state index in [1.54, 1.807) is 17.5 Å². The topological polar surface area (TPSA) is 24.8 Å². The molecule has 1 aromatic carbocycles. The van der Waals surface area contributed by atoms with E-state index in [4.69, 9.17) is 4.84 Å². The van der Waals surface area contributed by atoms with Gasteiger partial charge in [0.05, 0.1) is 6.20 Å². The van der Waals surface area contributed by atoms with Gasteiger partial charge in [0.15, 0.2) is 5.84 Å². The minimum Gasteiger partial charge on any atom is -0.380 e. The van der Waals surface area contributed by atoms with Crippen molar-refractivity contribution in [3.05, 3.63) is 54.1 Å². The van der Waals surface area contributed by atoms with Crippen molar-refractivity contribution in [2.24, 2.45) is 4.99 Å². The average molecular weight is 184 g/mol. The lowest BCUT2D eigenvalue weighted by Crippen LogP contribution is -2.29. The zero-order chi connectivity index (χ0) is 9.38. The Balaban J connectivity index is 2.22. The van der Waals surface area contributed by atoms with E-state index in [2.05, 4.69) is 11.1 Å². The maximum absolute atomic E-state index is 5.27. The van der Waals surface area contributed by atoms with Gasteiger partial charge in [0, 0.05) is 11.8 Å². The molecule has 14 heavy (non-hydrogen) atoms. The van der Waals surface area contributed by atoms with E-state index in [1.807, 2.05) is 30.5 Å².